The van der Waals surface area contributed by atoms with Crippen molar-refractivity contribution in [2.24, 2.45) is 0 Å². The topological polar surface area (TPSA) is 32.3 Å². The molecule has 2 nitrogen and oxygen atoms in total. The van der Waals surface area contributed by atoms with Crippen molar-refractivity contribution in [3.63, 3.8) is 0 Å². The zero-order valence-electron chi connectivity index (χ0n) is 15.3. The van der Waals surface area contributed by atoms with Gasteiger partial charge in [-0.05, 0) is 34.9 Å². The summed E-state index contributed by atoms with van der Waals surface area (Å²) in [5, 5.41) is 16.7. The van der Waals surface area contributed by atoms with Crippen LogP contribution in [-0.4, -0.2) is 5.11 Å². The van der Waals surface area contributed by atoms with Gasteiger partial charge in [-0.25, -0.2) is 0 Å². The number of phenols is 1. The van der Waals surface area contributed by atoms with Crippen molar-refractivity contribution in [2.45, 2.75) is 19.0 Å². The number of rotatable bonds is 5. The van der Waals surface area contributed by atoms with Gasteiger partial charge in [0.15, 0.2) is 0 Å². The fourth-order valence-electron chi connectivity index (χ4n) is 3.67. The van der Waals surface area contributed by atoms with Crippen molar-refractivity contribution >= 4 is 10.8 Å². The quantitative estimate of drug-likeness (QED) is 0.462. The molecule has 0 aliphatic heterocycles. The molecule has 0 amide bonds. The molecule has 0 fully saturated rings. The molecule has 0 bridgehead atoms. The molecule has 0 aromatic heterocycles. The van der Waals surface area contributed by atoms with E-state index in [0.29, 0.717) is 5.75 Å². The zero-order chi connectivity index (χ0) is 18.6. The maximum atomic E-state index is 10.8. The largest absolute Gasteiger partial charge is 0.508 e. The minimum atomic E-state index is -0.118. The Kier molecular flexibility index (Phi) is 4.91. The average Bonchev–Trinajstić information content (AvgIpc) is 2.73. The molecule has 0 aliphatic carbocycles. The zero-order valence-corrected chi connectivity index (χ0v) is 15.3. The van der Waals surface area contributed by atoms with Crippen molar-refractivity contribution < 1.29 is 5.11 Å². The highest BCUT2D eigenvalue weighted by atomic mass is 16.3. The van der Waals surface area contributed by atoms with Crippen LogP contribution in [0.25, 0.3) is 10.8 Å². The van der Waals surface area contributed by atoms with Crippen LogP contribution < -0.4 is 5.32 Å². The Hall–Kier alpha value is -3.10. The fourth-order valence-corrected chi connectivity index (χ4v) is 3.67. The second kappa shape index (κ2) is 7.65. The minimum absolute atomic E-state index is 0.118. The highest BCUT2D eigenvalue weighted by molar-refractivity contribution is 5.88. The summed E-state index contributed by atoms with van der Waals surface area (Å²) in [6.07, 6.45) is 0. The van der Waals surface area contributed by atoms with E-state index in [4.69, 9.17) is 0 Å². The first-order valence-electron chi connectivity index (χ1n) is 9.30. The lowest BCUT2D eigenvalue weighted by atomic mass is 9.91. The van der Waals surface area contributed by atoms with Gasteiger partial charge in [0.1, 0.15) is 5.75 Å². The predicted molar refractivity (Wildman–Crippen MR) is 112 cm³/mol. The summed E-state index contributed by atoms with van der Waals surface area (Å²) in [5.41, 5.74) is 3.27. The molecule has 0 unspecified atom stereocenters. The van der Waals surface area contributed by atoms with Gasteiger partial charge in [0.2, 0.25) is 0 Å². The fraction of sp³-hybridized carbons (Fsp3) is 0.120. The summed E-state index contributed by atoms with van der Waals surface area (Å²) in [6.45, 7) is 2.16. The first kappa shape index (κ1) is 17.3. The molecular formula is C25H23NO. The SMILES string of the molecule is C[C@@H](N[C@@H](c1ccccc1)c1c(O)ccc2ccccc12)c1ccccc1. The van der Waals surface area contributed by atoms with E-state index >= 15 is 0 Å². The minimum Gasteiger partial charge on any atom is -0.508 e. The van der Waals surface area contributed by atoms with Gasteiger partial charge < -0.3 is 5.11 Å². The highest BCUT2D eigenvalue weighted by Gasteiger charge is 2.22. The lowest BCUT2D eigenvalue weighted by Crippen LogP contribution is -2.26. The Morgan fingerprint density at radius 3 is 1.96 bits per heavy atom. The van der Waals surface area contributed by atoms with E-state index < -0.39 is 0 Å². The van der Waals surface area contributed by atoms with Crippen LogP contribution in [0, 0.1) is 0 Å². The summed E-state index contributed by atoms with van der Waals surface area (Å²) in [4.78, 5) is 0. The third-order valence-electron chi connectivity index (χ3n) is 5.09. The second-order valence-electron chi connectivity index (χ2n) is 6.86. The first-order valence-corrected chi connectivity index (χ1v) is 9.30. The Bertz CT molecular complexity index is 1030. The van der Waals surface area contributed by atoms with Gasteiger partial charge in [-0.1, -0.05) is 91.0 Å². The molecule has 0 radical (unpaired) electrons. The molecular weight excluding hydrogens is 330 g/mol. The van der Waals surface area contributed by atoms with E-state index in [1.54, 1.807) is 6.07 Å². The maximum Gasteiger partial charge on any atom is 0.121 e. The van der Waals surface area contributed by atoms with Crippen molar-refractivity contribution in [3.05, 3.63) is 114 Å². The molecule has 4 rings (SSSR count). The van der Waals surface area contributed by atoms with Gasteiger partial charge >= 0.3 is 0 Å². The molecule has 2 heteroatoms. The molecule has 0 spiro atoms. The van der Waals surface area contributed by atoms with Gasteiger partial charge in [-0.2, -0.15) is 0 Å². The lowest BCUT2D eigenvalue weighted by Gasteiger charge is -2.26. The standard InChI is InChI=1S/C25H23NO/c1-18(19-10-4-2-5-11-19)26-25(21-13-6-3-7-14-21)24-22-15-9-8-12-20(22)16-17-23(24)27/h2-18,25-27H,1H3/t18-,25+/m1/s1. The number of phenolic OH excluding ortho intramolecular Hbond substituents is 1. The number of hydrogen-bond acceptors (Lipinski definition) is 2. The third-order valence-corrected chi connectivity index (χ3v) is 5.09. The molecule has 0 aliphatic rings. The molecule has 4 aromatic carbocycles. The summed E-state index contributed by atoms with van der Waals surface area (Å²) in [6, 6.07) is 32.7. The van der Waals surface area contributed by atoms with Gasteiger partial charge in [-0.3, -0.25) is 5.32 Å². The summed E-state index contributed by atoms with van der Waals surface area (Å²) in [5.74, 6) is 0.315. The smallest absolute Gasteiger partial charge is 0.121 e. The molecule has 2 atom stereocenters. The predicted octanol–water partition coefficient (Wildman–Crippen LogP) is 5.99. The van der Waals surface area contributed by atoms with E-state index in [9.17, 15) is 5.11 Å². The Labute approximate surface area is 160 Å². The van der Waals surface area contributed by atoms with Gasteiger partial charge in [0.25, 0.3) is 0 Å². The van der Waals surface area contributed by atoms with Gasteiger partial charge in [0.05, 0.1) is 6.04 Å². The van der Waals surface area contributed by atoms with Crippen LogP contribution in [0.2, 0.25) is 0 Å². The average molecular weight is 353 g/mol. The van der Waals surface area contributed by atoms with Crippen LogP contribution >= 0.6 is 0 Å². The maximum absolute atomic E-state index is 10.8. The van der Waals surface area contributed by atoms with E-state index in [-0.39, 0.29) is 12.1 Å². The molecule has 0 saturated carbocycles. The second-order valence-corrected chi connectivity index (χ2v) is 6.86. The third kappa shape index (κ3) is 3.57. The monoisotopic (exact) mass is 353 g/mol. The first-order chi connectivity index (χ1) is 13.2. The van der Waals surface area contributed by atoms with Gasteiger partial charge in [-0.15, -0.1) is 0 Å². The van der Waals surface area contributed by atoms with Crippen molar-refractivity contribution in [1.82, 2.24) is 5.32 Å². The number of aromatic hydroxyl groups is 1. The lowest BCUT2D eigenvalue weighted by molar-refractivity contribution is 0.449. The van der Waals surface area contributed by atoms with Gasteiger partial charge in [0, 0.05) is 11.6 Å². The molecule has 27 heavy (non-hydrogen) atoms. The van der Waals surface area contributed by atoms with Crippen LogP contribution in [0.1, 0.15) is 35.7 Å². The van der Waals surface area contributed by atoms with E-state index in [0.717, 1.165) is 21.9 Å². The van der Waals surface area contributed by atoms with Crippen molar-refractivity contribution in [2.75, 3.05) is 0 Å². The van der Waals surface area contributed by atoms with Crippen LogP contribution in [0.15, 0.2) is 97.1 Å². The number of nitrogens with one attached hydrogen (secondary N) is 1. The van der Waals surface area contributed by atoms with Crippen LogP contribution in [0.3, 0.4) is 0 Å². The van der Waals surface area contributed by atoms with E-state index in [1.165, 1.54) is 5.56 Å². The van der Waals surface area contributed by atoms with Crippen molar-refractivity contribution in [1.29, 1.82) is 0 Å². The summed E-state index contributed by atoms with van der Waals surface area (Å²) in [7, 11) is 0. The number of hydrogen-bond donors (Lipinski definition) is 2. The molecule has 134 valence electrons. The Morgan fingerprint density at radius 2 is 1.26 bits per heavy atom. The molecule has 4 aromatic rings. The van der Waals surface area contributed by atoms with Crippen LogP contribution in [-0.2, 0) is 0 Å². The Balaban J connectivity index is 1.84. The Morgan fingerprint density at radius 1 is 0.667 bits per heavy atom. The van der Waals surface area contributed by atoms with Crippen molar-refractivity contribution in [3.8, 4) is 5.75 Å². The summed E-state index contributed by atoms with van der Waals surface area (Å²) < 4.78 is 0. The van der Waals surface area contributed by atoms with Crippen LogP contribution in [0.5, 0.6) is 5.75 Å². The molecule has 0 heterocycles. The van der Waals surface area contributed by atoms with E-state index in [2.05, 4.69) is 60.8 Å². The molecule has 2 N–H and O–H groups in total. The summed E-state index contributed by atoms with van der Waals surface area (Å²) >= 11 is 0. The van der Waals surface area contributed by atoms with E-state index in [1.807, 2.05) is 42.5 Å². The number of benzene rings is 4. The highest BCUT2D eigenvalue weighted by Crippen LogP contribution is 2.37. The normalized spacial score (nSPS) is 13.4. The number of fused-ring (bicyclic) bond motifs is 1. The molecule has 0 saturated heterocycles. The van der Waals surface area contributed by atoms with Crippen LogP contribution in [0.4, 0.5) is 0 Å².